The maximum Gasteiger partial charge on any atom is 0.229 e. The molecule has 6 heteroatoms. The molecular weight excluding hydrogens is 246 g/mol. The second-order valence-electron chi connectivity index (χ2n) is 4.32. The maximum atomic E-state index is 9.03. The number of methoxy groups -OCH3 is 2. The van der Waals surface area contributed by atoms with Gasteiger partial charge in [0.1, 0.15) is 0 Å². The summed E-state index contributed by atoms with van der Waals surface area (Å²) in [7, 11) is 3.11. The molecule has 19 heavy (non-hydrogen) atoms. The normalized spacial score (nSPS) is 12.0. The Bertz CT molecular complexity index is 346. The predicted octanol–water partition coefficient (Wildman–Crippen LogP) is 1.70. The molecule has 1 rings (SSSR count). The van der Waals surface area contributed by atoms with Crippen LogP contribution >= 0.6 is 0 Å². The zero-order chi connectivity index (χ0) is 14.1. The smallest absolute Gasteiger partial charge is 0.229 e. The molecule has 0 aliphatic carbocycles. The van der Waals surface area contributed by atoms with E-state index in [0.29, 0.717) is 23.6 Å². The van der Waals surface area contributed by atoms with Crippen molar-refractivity contribution in [2.75, 3.05) is 32.7 Å². The van der Waals surface area contributed by atoms with E-state index in [4.69, 9.17) is 14.6 Å². The number of nitrogens with zero attached hydrogens (tertiary/aromatic N) is 2. The van der Waals surface area contributed by atoms with Crippen molar-refractivity contribution >= 4 is 5.95 Å². The van der Waals surface area contributed by atoms with Gasteiger partial charge in [-0.05, 0) is 18.8 Å². The van der Waals surface area contributed by atoms with Crippen molar-refractivity contribution in [2.45, 2.75) is 26.2 Å². The third kappa shape index (κ3) is 5.30. The van der Waals surface area contributed by atoms with Gasteiger partial charge in [-0.15, -0.1) is 0 Å². The van der Waals surface area contributed by atoms with Gasteiger partial charge in [0.05, 0.1) is 20.3 Å². The third-order valence-corrected chi connectivity index (χ3v) is 2.88. The highest BCUT2D eigenvalue weighted by atomic mass is 16.5. The average Bonchev–Trinajstić information content (AvgIpc) is 2.44. The third-order valence-electron chi connectivity index (χ3n) is 2.88. The summed E-state index contributed by atoms with van der Waals surface area (Å²) in [6.45, 7) is 3.06. The maximum absolute atomic E-state index is 9.03. The lowest BCUT2D eigenvalue weighted by Gasteiger charge is -2.16. The highest BCUT2D eigenvalue weighted by Crippen LogP contribution is 2.18. The van der Waals surface area contributed by atoms with E-state index in [0.717, 1.165) is 25.8 Å². The standard InChI is InChI=1S/C13H23N3O3/c1-4-5-10(6-7-17)9-14-13-15-11(18-2)8-12(16-13)19-3/h8,10,17H,4-7,9H2,1-3H3,(H,14,15,16). The summed E-state index contributed by atoms with van der Waals surface area (Å²) in [5.74, 6) is 1.82. The van der Waals surface area contributed by atoms with Crippen molar-refractivity contribution in [3.63, 3.8) is 0 Å². The molecule has 0 aliphatic heterocycles. The Morgan fingerprint density at radius 2 is 1.84 bits per heavy atom. The molecule has 0 aromatic carbocycles. The fraction of sp³-hybridized carbons (Fsp3) is 0.692. The Kier molecular flexibility index (Phi) is 6.95. The van der Waals surface area contributed by atoms with E-state index in [9.17, 15) is 0 Å². The van der Waals surface area contributed by atoms with E-state index >= 15 is 0 Å². The quantitative estimate of drug-likeness (QED) is 0.710. The summed E-state index contributed by atoms with van der Waals surface area (Å²) in [4.78, 5) is 8.41. The van der Waals surface area contributed by atoms with E-state index < -0.39 is 0 Å². The predicted molar refractivity (Wildman–Crippen MR) is 73.7 cm³/mol. The first-order valence-electron chi connectivity index (χ1n) is 6.55. The van der Waals surface area contributed by atoms with Gasteiger partial charge in [-0.1, -0.05) is 13.3 Å². The SMILES string of the molecule is CCCC(CCO)CNc1nc(OC)cc(OC)n1. The van der Waals surface area contributed by atoms with Gasteiger partial charge in [0.2, 0.25) is 17.7 Å². The topological polar surface area (TPSA) is 76.5 Å². The second-order valence-corrected chi connectivity index (χ2v) is 4.32. The number of anilines is 1. The minimum atomic E-state index is 0.203. The number of rotatable bonds is 9. The molecule has 1 aromatic heterocycles. The van der Waals surface area contributed by atoms with Crippen LogP contribution in [0.1, 0.15) is 26.2 Å². The van der Waals surface area contributed by atoms with Gasteiger partial charge in [0.15, 0.2) is 0 Å². The second kappa shape index (κ2) is 8.53. The van der Waals surface area contributed by atoms with Crippen LogP contribution in [0.4, 0.5) is 5.95 Å². The van der Waals surface area contributed by atoms with Gasteiger partial charge in [0.25, 0.3) is 0 Å². The largest absolute Gasteiger partial charge is 0.481 e. The zero-order valence-corrected chi connectivity index (χ0v) is 11.8. The molecule has 1 aromatic rings. The van der Waals surface area contributed by atoms with Gasteiger partial charge in [-0.2, -0.15) is 9.97 Å². The number of aliphatic hydroxyl groups excluding tert-OH is 1. The molecule has 6 nitrogen and oxygen atoms in total. The molecule has 1 unspecified atom stereocenters. The van der Waals surface area contributed by atoms with Crippen molar-refractivity contribution < 1.29 is 14.6 Å². The molecule has 2 N–H and O–H groups in total. The summed E-state index contributed by atoms with van der Waals surface area (Å²) in [5.41, 5.74) is 0. The van der Waals surface area contributed by atoms with Crippen LogP contribution < -0.4 is 14.8 Å². The number of aromatic nitrogens is 2. The van der Waals surface area contributed by atoms with Crippen LogP contribution in [-0.2, 0) is 0 Å². The first-order chi connectivity index (χ1) is 9.23. The Morgan fingerprint density at radius 1 is 1.21 bits per heavy atom. The van der Waals surface area contributed by atoms with Gasteiger partial charge in [-0.3, -0.25) is 0 Å². The molecule has 0 saturated heterocycles. The van der Waals surface area contributed by atoms with Crippen molar-refractivity contribution in [2.24, 2.45) is 5.92 Å². The van der Waals surface area contributed by atoms with Gasteiger partial charge in [0, 0.05) is 13.2 Å². The van der Waals surface area contributed by atoms with Crippen molar-refractivity contribution in [1.82, 2.24) is 9.97 Å². The van der Waals surface area contributed by atoms with Crippen molar-refractivity contribution in [3.05, 3.63) is 6.07 Å². The molecule has 0 spiro atoms. The van der Waals surface area contributed by atoms with Gasteiger partial charge < -0.3 is 19.9 Å². The molecule has 0 saturated carbocycles. The molecule has 0 radical (unpaired) electrons. The monoisotopic (exact) mass is 269 g/mol. The fourth-order valence-electron chi connectivity index (χ4n) is 1.87. The highest BCUT2D eigenvalue weighted by molar-refractivity contribution is 5.33. The summed E-state index contributed by atoms with van der Waals surface area (Å²) in [6.07, 6.45) is 2.94. The van der Waals surface area contributed by atoms with Gasteiger partial charge in [-0.25, -0.2) is 0 Å². The average molecular weight is 269 g/mol. The number of hydrogen-bond acceptors (Lipinski definition) is 6. The molecule has 108 valence electrons. The summed E-state index contributed by atoms with van der Waals surface area (Å²) in [5, 5.41) is 12.2. The molecule has 0 fully saturated rings. The highest BCUT2D eigenvalue weighted by Gasteiger charge is 2.10. The van der Waals surface area contributed by atoms with Crippen LogP contribution in [0.5, 0.6) is 11.8 Å². The van der Waals surface area contributed by atoms with Crippen molar-refractivity contribution in [1.29, 1.82) is 0 Å². The fourth-order valence-corrected chi connectivity index (χ4v) is 1.87. The minimum Gasteiger partial charge on any atom is -0.481 e. The summed E-state index contributed by atoms with van der Waals surface area (Å²) in [6, 6.07) is 1.63. The first-order valence-corrected chi connectivity index (χ1v) is 6.55. The number of aliphatic hydroxyl groups is 1. The molecule has 1 atom stereocenters. The first kappa shape index (κ1) is 15.5. The lowest BCUT2D eigenvalue weighted by atomic mass is 10.0. The Morgan fingerprint density at radius 3 is 2.32 bits per heavy atom. The molecular formula is C13H23N3O3. The Balaban J connectivity index is 2.64. The van der Waals surface area contributed by atoms with E-state index in [-0.39, 0.29) is 6.61 Å². The van der Waals surface area contributed by atoms with E-state index in [1.54, 1.807) is 20.3 Å². The van der Waals surface area contributed by atoms with Crippen molar-refractivity contribution in [3.8, 4) is 11.8 Å². The molecule has 0 aliphatic rings. The lowest BCUT2D eigenvalue weighted by molar-refractivity contribution is 0.255. The molecule has 0 amide bonds. The van der Waals surface area contributed by atoms with Crippen LogP contribution in [0, 0.1) is 5.92 Å². The lowest BCUT2D eigenvalue weighted by Crippen LogP contribution is -2.17. The number of hydrogen-bond donors (Lipinski definition) is 2. The van der Waals surface area contributed by atoms with E-state index in [1.807, 2.05) is 0 Å². The van der Waals surface area contributed by atoms with Crippen LogP contribution in [-0.4, -0.2) is 42.4 Å². The molecule has 1 heterocycles. The van der Waals surface area contributed by atoms with Crippen LogP contribution in [0.25, 0.3) is 0 Å². The van der Waals surface area contributed by atoms with E-state index in [2.05, 4.69) is 22.2 Å². The van der Waals surface area contributed by atoms with Crippen LogP contribution in [0.3, 0.4) is 0 Å². The molecule has 0 bridgehead atoms. The van der Waals surface area contributed by atoms with Gasteiger partial charge >= 0.3 is 0 Å². The number of ether oxygens (including phenoxy) is 2. The Hall–Kier alpha value is -1.56. The summed E-state index contributed by atoms with van der Waals surface area (Å²) >= 11 is 0. The number of nitrogens with one attached hydrogen (secondary N) is 1. The summed E-state index contributed by atoms with van der Waals surface area (Å²) < 4.78 is 10.2. The Labute approximate surface area is 114 Å². The van der Waals surface area contributed by atoms with Crippen LogP contribution in [0.2, 0.25) is 0 Å². The van der Waals surface area contributed by atoms with E-state index in [1.165, 1.54) is 0 Å². The zero-order valence-electron chi connectivity index (χ0n) is 11.8. The van der Waals surface area contributed by atoms with Crippen LogP contribution in [0.15, 0.2) is 6.07 Å². The minimum absolute atomic E-state index is 0.203.